The predicted octanol–water partition coefficient (Wildman–Crippen LogP) is 4.48. The number of halogens is 1. The normalized spacial score (nSPS) is 15.7. The van der Waals surface area contributed by atoms with E-state index in [1.165, 1.54) is 24.6 Å². The van der Waals surface area contributed by atoms with Crippen LogP contribution in [0.1, 0.15) is 45.2 Å². The van der Waals surface area contributed by atoms with E-state index in [2.05, 4.69) is 15.3 Å². The first kappa shape index (κ1) is 20.0. The van der Waals surface area contributed by atoms with Gasteiger partial charge in [-0.15, -0.1) is 0 Å². The maximum Gasteiger partial charge on any atom is 0.233 e. The molecule has 1 aliphatic rings. The number of aromatic nitrogens is 2. The van der Waals surface area contributed by atoms with E-state index in [9.17, 15) is 4.79 Å². The van der Waals surface area contributed by atoms with E-state index in [4.69, 9.17) is 17.3 Å². The molecule has 2 aromatic rings. The fraction of sp³-hybridized carbons (Fsp3) is 0.450. The van der Waals surface area contributed by atoms with Gasteiger partial charge in [0.25, 0.3) is 0 Å². The first-order valence-electron chi connectivity index (χ1n) is 9.37. The van der Waals surface area contributed by atoms with E-state index >= 15 is 0 Å². The van der Waals surface area contributed by atoms with Gasteiger partial charge >= 0.3 is 0 Å². The Balaban J connectivity index is 1.77. The highest BCUT2D eigenvalue weighted by molar-refractivity contribution is 8.00. The van der Waals surface area contributed by atoms with Gasteiger partial charge in [0, 0.05) is 16.6 Å². The summed E-state index contributed by atoms with van der Waals surface area (Å²) in [5, 5.41) is 4.07. The van der Waals surface area contributed by atoms with Crippen LogP contribution in [-0.4, -0.2) is 27.2 Å². The van der Waals surface area contributed by atoms with Crippen LogP contribution in [0.3, 0.4) is 0 Å². The van der Waals surface area contributed by atoms with Crippen molar-refractivity contribution in [3.8, 4) is 11.1 Å². The van der Waals surface area contributed by atoms with Crippen LogP contribution in [-0.2, 0) is 11.2 Å². The Labute approximate surface area is 169 Å². The molecule has 1 aromatic heterocycles. The van der Waals surface area contributed by atoms with Crippen molar-refractivity contribution in [1.29, 1.82) is 0 Å². The summed E-state index contributed by atoms with van der Waals surface area (Å²) < 4.78 is 0. The van der Waals surface area contributed by atoms with Crippen LogP contribution < -0.4 is 11.1 Å². The molecule has 1 fully saturated rings. The second-order valence-electron chi connectivity index (χ2n) is 6.82. The average molecular weight is 405 g/mol. The lowest BCUT2D eigenvalue weighted by atomic mass is 10.0. The zero-order chi connectivity index (χ0) is 19.4. The first-order valence-corrected chi connectivity index (χ1v) is 10.6. The van der Waals surface area contributed by atoms with E-state index < -0.39 is 0 Å². The molecule has 0 radical (unpaired) electrons. The molecule has 7 heteroatoms. The molecule has 1 amide bonds. The number of benzene rings is 1. The Kier molecular flexibility index (Phi) is 6.60. The molecule has 1 unspecified atom stereocenters. The predicted molar refractivity (Wildman–Crippen MR) is 112 cm³/mol. The molecule has 3 N–H and O–H groups in total. The molecule has 27 heavy (non-hydrogen) atoms. The maximum absolute atomic E-state index is 12.4. The average Bonchev–Trinajstić information content (AvgIpc) is 3.15. The molecule has 0 spiro atoms. The maximum atomic E-state index is 12.4. The van der Waals surface area contributed by atoms with Crippen LogP contribution in [0.5, 0.6) is 0 Å². The van der Waals surface area contributed by atoms with Gasteiger partial charge in [-0.2, -0.15) is 0 Å². The molecule has 0 saturated heterocycles. The third-order valence-corrected chi connectivity index (χ3v) is 6.03. The molecule has 1 saturated carbocycles. The van der Waals surface area contributed by atoms with E-state index in [0.717, 1.165) is 36.1 Å². The number of nitrogens with zero attached hydrogens (tertiary/aromatic N) is 2. The van der Waals surface area contributed by atoms with E-state index in [1.807, 2.05) is 38.1 Å². The minimum absolute atomic E-state index is 0.0360. The molecule has 0 bridgehead atoms. The number of nitrogen functional groups attached to an aromatic ring is 1. The Hall–Kier alpha value is -1.79. The highest BCUT2D eigenvalue weighted by atomic mass is 35.5. The number of carbonyl (C=O) groups excluding carboxylic acids is 1. The number of anilines is 1. The van der Waals surface area contributed by atoms with Crippen LogP contribution in [0.15, 0.2) is 29.4 Å². The number of hydrogen-bond acceptors (Lipinski definition) is 5. The van der Waals surface area contributed by atoms with Gasteiger partial charge in [0.15, 0.2) is 5.16 Å². The van der Waals surface area contributed by atoms with Gasteiger partial charge in [-0.05, 0) is 43.9 Å². The Morgan fingerprint density at radius 3 is 2.59 bits per heavy atom. The van der Waals surface area contributed by atoms with Gasteiger partial charge in [-0.3, -0.25) is 4.79 Å². The van der Waals surface area contributed by atoms with E-state index in [1.54, 1.807) is 0 Å². The summed E-state index contributed by atoms with van der Waals surface area (Å²) in [7, 11) is 0. The standard InChI is InChI=1S/C20H25ClN4OS/c1-3-16-17(13-8-10-14(21)11-9-13)18(22)25-20(24-16)27-12(2)19(26)23-15-6-4-5-7-15/h8-12,15H,3-7H2,1-2H3,(H,23,26)(H2,22,24,25). The second-order valence-corrected chi connectivity index (χ2v) is 8.57. The van der Waals surface area contributed by atoms with Gasteiger partial charge in [-0.1, -0.05) is 55.3 Å². The summed E-state index contributed by atoms with van der Waals surface area (Å²) >= 11 is 7.33. The Bertz CT molecular complexity index is 806. The van der Waals surface area contributed by atoms with Gasteiger partial charge in [-0.25, -0.2) is 9.97 Å². The third kappa shape index (κ3) is 4.93. The number of hydrogen-bond donors (Lipinski definition) is 2. The smallest absolute Gasteiger partial charge is 0.233 e. The lowest BCUT2D eigenvalue weighted by Gasteiger charge is -2.17. The van der Waals surface area contributed by atoms with Gasteiger partial charge in [0.2, 0.25) is 5.91 Å². The molecule has 1 heterocycles. The fourth-order valence-corrected chi connectivity index (χ4v) is 4.27. The van der Waals surface area contributed by atoms with Gasteiger partial charge in [0.05, 0.1) is 10.9 Å². The zero-order valence-electron chi connectivity index (χ0n) is 15.7. The first-order chi connectivity index (χ1) is 13.0. The number of carbonyl (C=O) groups is 1. The number of nitrogens with two attached hydrogens (primary N) is 1. The summed E-state index contributed by atoms with van der Waals surface area (Å²) in [5.41, 5.74) is 8.90. The largest absolute Gasteiger partial charge is 0.383 e. The molecule has 144 valence electrons. The van der Waals surface area contributed by atoms with Gasteiger partial charge < -0.3 is 11.1 Å². The Morgan fingerprint density at radius 1 is 1.30 bits per heavy atom. The summed E-state index contributed by atoms with van der Waals surface area (Å²) in [5.74, 6) is 0.462. The fourth-order valence-electron chi connectivity index (χ4n) is 3.34. The summed E-state index contributed by atoms with van der Waals surface area (Å²) in [6.45, 7) is 3.92. The third-order valence-electron chi connectivity index (χ3n) is 4.81. The minimum Gasteiger partial charge on any atom is -0.383 e. The number of thioether (sulfide) groups is 1. The van der Waals surface area contributed by atoms with Crippen molar-refractivity contribution < 1.29 is 4.79 Å². The molecule has 1 aromatic carbocycles. The topological polar surface area (TPSA) is 80.9 Å². The lowest BCUT2D eigenvalue weighted by Crippen LogP contribution is -2.37. The molecule has 1 atom stereocenters. The van der Waals surface area contributed by atoms with Crippen LogP contribution in [0, 0.1) is 0 Å². The van der Waals surface area contributed by atoms with E-state index in [0.29, 0.717) is 22.0 Å². The van der Waals surface area contributed by atoms with E-state index in [-0.39, 0.29) is 11.2 Å². The number of amides is 1. The molecule has 1 aliphatic carbocycles. The van der Waals surface area contributed by atoms with Crippen molar-refractivity contribution in [2.45, 2.75) is 62.4 Å². The van der Waals surface area contributed by atoms with Crippen LogP contribution in [0.25, 0.3) is 11.1 Å². The molecule has 0 aliphatic heterocycles. The summed E-state index contributed by atoms with van der Waals surface area (Å²) in [4.78, 5) is 21.5. The quantitative estimate of drug-likeness (QED) is 0.548. The summed E-state index contributed by atoms with van der Waals surface area (Å²) in [6.07, 6.45) is 5.25. The molecule has 3 rings (SSSR count). The van der Waals surface area contributed by atoms with Crippen molar-refractivity contribution in [2.75, 3.05) is 5.73 Å². The zero-order valence-corrected chi connectivity index (χ0v) is 17.2. The highest BCUT2D eigenvalue weighted by Gasteiger charge is 2.23. The second kappa shape index (κ2) is 8.93. The van der Waals surface area contributed by atoms with Crippen molar-refractivity contribution in [3.63, 3.8) is 0 Å². The van der Waals surface area contributed by atoms with Crippen molar-refractivity contribution in [1.82, 2.24) is 15.3 Å². The number of rotatable bonds is 6. The van der Waals surface area contributed by atoms with Crippen LogP contribution in [0.4, 0.5) is 5.82 Å². The summed E-state index contributed by atoms with van der Waals surface area (Å²) in [6, 6.07) is 7.80. The minimum atomic E-state index is -0.268. The molecular weight excluding hydrogens is 380 g/mol. The SMILES string of the molecule is CCc1nc(SC(C)C(=O)NC2CCCC2)nc(N)c1-c1ccc(Cl)cc1. The Morgan fingerprint density at radius 2 is 1.96 bits per heavy atom. The lowest BCUT2D eigenvalue weighted by molar-refractivity contribution is -0.120. The molecular formula is C20H25ClN4OS. The van der Waals surface area contributed by atoms with Crippen LogP contribution in [0.2, 0.25) is 5.02 Å². The van der Waals surface area contributed by atoms with Crippen molar-refractivity contribution in [3.05, 3.63) is 35.0 Å². The van der Waals surface area contributed by atoms with Gasteiger partial charge in [0.1, 0.15) is 5.82 Å². The highest BCUT2D eigenvalue weighted by Crippen LogP contribution is 2.32. The molecule has 5 nitrogen and oxygen atoms in total. The van der Waals surface area contributed by atoms with Crippen molar-refractivity contribution in [2.24, 2.45) is 0 Å². The monoisotopic (exact) mass is 404 g/mol. The van der Waals surface area contributed by atoms with Crippen molar-refractivity contribution >= 4 is 35.1 Å². The number of nitrogens with one attached hydrogen (secondary N) is 1. The van der Waals surface area contributed by atoms with Crippen LogP contribution >= 0.6 is 23.4 Å². The number of aryl methyl sites for hydroxylation is 1.